The first-order valence-corrected chi connectivity index (χ1v) is 6.18. The van der Waals surface area contributed by atoms with Crippen molar-refractivity contribution in [3.05, 3.63) is 35.4 Å². The fourth-order valence-electron chi connectivity index (χ4n) is 2.08. The standard InChI is InChI=1S/C13H16ClNO/c1-9-5-12(6-9)15-13(16)11-4-2-3-10(7-11)8-14/h2-4,7,9,12H,5-6,8H2,1H3,(H,15,16). The van der Waals surface area contributed by atoms with Crippen molar-refractivity contribution in [2.45, 2.75) is 31.7 Å². The van der Waals surface area contributed by atoms with Gasteiger partial charge in [0.1, 0.15) is 0 Å². The molecule has 2 nitrogen and oxygen atoms in total. The van der Waals surface area contributed by atoms with Crippen LogP contribution in [0.25, 0.3) is 0 Å². The summed E-state index contributed by atoms with van der Waals surface area (Å²) >= 11 is 5.74. The molecule has 0 atom stereocenters. The predicted molar refractivity (Wildman–Crippen MR) is 65.7 cm³/mol. The molecule has 1 aromatic carbocycles. The summed E-state index contributed by atoms with van der Waals surface area (Å²) in [5.74, 6) is 1.21. The summed E-state index contributed by atoms with van der Waals surface area (Å²) in [4.78, 5) is 11.9. The normalized spacial score (nSPS) is 23.6. The second-order valence-electron chi connectivity index (χ2n) is 4.58. The highest BCUT2D eigenvalue weighted by atomic mass is 35.5. The van der Waals surface area contributed by atoms with Crippen molar-refractivity contribution in [3.8, 4) is 0 Å². The first kappa shape index (κ1) is 11.5. The summed E-state index contributed by atoms with van der Waals surface area (Å²) in [5.41, 5.74) is 1.69. The number of rotatable bonds is 3. The number of halogens is 1. The van der Waals surface area contributed by atoms with Gasteiger partial charge < -0.3 is 5.32 Å². The average molecular weight is 238 g/mol. The van der Waals surface area contributed by atoms with Crippen LogP contribution in [-0.2, 0) is 5.88 Å². The Morgan fingerprint density at radius 2 is 2.25 bits per heavy atom. The van der Waals surface area contributed by atoms with Crippen LogP contribution in [0, 0.1) is 5.92 Å². The van der Waals surface area contributed by atoms with E-state index in [0.717, 1.165) is 24.3 Å². The van der Waals surface area contributed by atoms with Crippen LogP contribution in [0.3, 0.4) is 0 Å². The lowest BCUT2D eigenvalue weighted by Crippen LogP contribution is -2.43. The Balaban J connectivity index is 1.97. The van der Waals surface area contributed by atoms with Crippen molar-refractivity contribution in [2.24, 2.45) is 5.92 Å². The van der Waals surface area contributed by atoms with Crippen molar-refractivity contribution in [2.75, 3.05) is 0 Å². The van der Waals surface area contributed by atoms with Gasteiger partial charge in [-0.15, -0.1) is 11.6 Å². The largest absolute Gasteiger partial charge is 0.349 e. The van der Waals surface area contributed by atoms with E-state index >= 15 is 0 Å². The van der Waals surface area contributed by atoms with E-state index in [9.17, 15) is 4.79 Å². The van der Waals surface area contributed by atoms with E-state index in [-0.39, 0.29) is 5.91 Å². The van der Waals surface area contributed by atoms with Crippen LogP contribution in [0.4, 0.5) is 0 Å². The molecule has 2 rings (SSSR count). The average Bonchev–Trinajstić information content (AvgIpc) is 2.27. The van der Waals surface area contributed by atoms with Gasteiger partial charge in [-0.3, -0.25) is 4.79 Å². The molecule has 0 unspecified atom stereocenters. The lowest BCUT2D eigenvalue weighted by Gasteiger charge is -2.33. The van der Waals surface area contributed by atoms with E-state index in [1.54, 1.807) is 0 Å². The summed E-state index contributed by atoms with van der Waals surface area (Å²) in [7, 11) is 0. The highest BCUT2D eigenvalue weighted by molar-refractivity contribution is 6.17. The quantitative estimate of drug-likeness (QED) is 0.805. The fourth-order valence-corrected chi connectivity index (χ4v) is 2.25. The van der Waals surface area contributed by atoms with Gasteiger partial charge in [0.2, 0.25) is 0 Å². The number of carbonyl (C=O) groups excluding carboxylic acids is 1. The zero-order valence-electron chi connectivity index (χ0n) is 9.37. The van der Waals surface area contributed by atoms with Gasteiger partial charge in [-0.2, -0.15) is 0 Å². The van der Waals surface area contributed by atoms with Gasteiger partial charge in [0.25, 0.3) is 5.91 Å². The van der Waals surface area contributed by atoms with E-state index in [0.29, 0.717) is 17.5 Å². The third-order valence-electron chi connectivity index (χ3n) is 3.05. The van der Waals surface area contributed by atoms with Gasteiger partial charge in [0.05, 0.1) is 0 Å². The molecular weight excluding hydrogens is 222 g/mol. The third kappa shape index (κ3) is 2.56. The molecule has 0 aliphatic heterocycles. The van der Waals surface area contributed by atoms with Gasteiger partial charge in [0, 0.05) is 17.5 Å². The maximum Gasteiger partial charge on any atom is 0.251 e. The lowest BCUT2D eigenvalue weighted by molar-refractivity contribution is 0.0896. The molecule has 0 bridgehead atoms. The molecular formula is C13H16ClNO. The van der Waals surface area contributed by atoms with E-state index in [1.807, 2.05) is 24.3 Å². The van der Waals surface area contributed by atoms with Crippen molar-refractivity contribution in [3.63, 3.8) is 0 Å². The Morgan fingerprint density at radius 1 is 1.50 bits per heavy atom. The molecule has 0 heterocycles. The maximum absolute atomic E-state index is 11.9. The summed E-state index contributed by atoms with van der Waals surface area (Å²) in [6, 6.07) is 7.84. The monoisotopic (exact) mass is 237 g/mol. The summed E-state index contributed by atoms with van der Waals surface area (Å²) in [6.45, 7) is 2.21. The van der Waals surface area contributed by atoms with Crippen LogP contribution in [0.15, 0.2) is 24.3 Å². The van der Waals surface area contributed by atoms with Crippen molar-refractivity contribution in [1.29, 1.82) is 0 Å². The Hall–Kier alpha value is -1.02. The molecule has 1 fully saturated rings. The number of nitrogens with one attached hydrogen (secondary N) is 1. The number of amides is 1. The maximum atomic E-state index is 11.9. The second kappa shape index (κ2) is 4.88. The van der Waals surface area contributed by atoms with Crippen molar-refractivity contribution in [1.82, 2.24) is 5.32 Å². The molecule has 1 aliphatic carbocycles. The lowest BCUT2D eigenvalue weighted by atomic mass is 9.82. The number of hydrogen-bond acceptors (Lipinski definition) is 1. The minimum absolute atomic E-state index is 0.0175. The molecule has 0 radical (unpaired) electrons. The highest BCUT2D eigenvalue weighted by Crippen LogP contribution is 2.26. The van der Waals surface area contributed by atoms with E-state index < -0.39 is 0 Å². The van der Waals surface area contributed by atoms with E-state index in [1.165, 1.54) is 0 Å². The SMILES string of the molecule is CC1CC(NC(=O)c2cccc(CCl)c2)C1. The van der Waals surface area contributed by atoms with Gasteiger partial charge >= 0.3 is 0 Å². The molecule has 1 aliphatic rings. The molecule has 1 saturated carbocycles. The second-order valence-corrected chi connectivity index (χ2v) is 4.85. The van der Waals surface area contributed by atoms with Gasteiger partial charge in [-0.25, -0.2) is 0 Å². The first-order valence-electron chi connectivity index (χ1n) is 5.65. The Labute approximate surface area is 101 Å². The van der Waals surface area contributed by atoms with Crippen LogP contribution >= 0.6 is 11.6 Å². The molecule has 86 valence electrons. The van der Waals surface area contributed by atoms with E-state index in [2.05, 4.69) is 12.2 Å². The number of alkyl halides is 1. The molecule has 1 amide bonds. The first-order chi connectivity index (χ1) is 7.69. The van der Waals surface area contributed by atoms with E-state index in [4.69, 9.17) is 11.6 Å². The van der Waals surface area contributed by atoms with Crippen molar-refractivity contribution >= 4 is 17.5 Å². The highest BCUT2D eigenvalue weighted by Gasteiger charge is 2.26. The topological polar surface area (TPSA) is 29.1 Å². The molecule has 1 N–H and O–H groups in total. The molecule has 0 aromatic heterocycles. The zero-order chi connectivity index (χ0) is 11.5. The van der Waals surface area contributed by atoms with Gasteiger partial charge in [-0.05, 0) is 36.5 Å². The van der Waals surface area contributed by atoms with Crippen LogP contribution in [-0.4, -0.2) is 11.9 Å². The number of benzene rings is 1. The summed E-state index contributed by atoms with van der Waals surface area (Å²) in [6.07, 6.45) is 2.20. The van der Waals surface area contributed by atoms with Gasteiger partial charge in [-0.1, -0.05) is 19.1 Å². The third-order valence-corrected chi connectivity index (χ3v) is 3.36. The number of hydrogen-bond donors (Lipinski definition) is 1. The molecule has 0 saturated heterocycles. The Kier molecular flexibility index (Phi) is 3.49. The van der Waals surface area contributed by atoms with Crippen molar-refractivity contribution < 1.29 is 4.79 Å². The fraction of sp³-hybridized carbons (Fsp3) is 0.462. The molecule has 16 heavy (non-hydrogen) atoms. The van der Waals surface area contributed by atoms with Crippen LogP contribution in [0.2, 0.25) is 0 Å². The Morgan fingerprint density at radius 3 is 2.88 bits per heavy atom. The summed E-state index contributed by atoms with van der Waals surface area (Å²) < 4.78 is 0. The minimum atomic E-state index is 0.0175. The predicted octanol–water partition coefficient (Wildman–Crippen LogP) is 2.95. The minimum Gasteiger partial charge on any atom is -0.349 e. The van der Waals surface area contributed by atoms with Crippen LogP contribution in [0.5, 0.6) is 0 Å². The van der Waals surface area contributed by atoms with Crippen LogP contribution < -0.4 is 5.32 Å². The summed E-state index contributed by atoms with van der Waals surface area (Å²) in [5, 5.41) is 3.03. The smallest absolute Gasteiger partial charge is 0.251 e. The molecule has 1 aromatic rings. The number of carbonyl (C=O) groups is 1. The van der Waals surface area contributed by atoms with Crippen LogP contribution in [0.1, 0.15) is 35.7 Å². The molecule has 3 heteroatoms. The molecule has 0 spiro atoms. The zero-order valence-corrected chi connectivity index (χ0v) is 10.1. The van der Waals surface area contributed by atoms with Gasteiger partial charge in [0.15, 0.2) is 0 Å². The Bertz CT molecular complexity index is 385.